The molecule has 1 heterocycles. The summed E-state index contributed by atoms with van der Waals surface area (Å²) < 4.78 is 0. The summed E-state index contributed by atoms with van der Waals surface area (Å²) >= 11 is 0. The Morgan fingerprint density at radius 1 is 1.10 bits per heavy atom. The minimum Gasteiger partial charge on any atom is -0.336 e. The van der Waals surface area contributed by atoms with Crippen molar-refractivity contribution in [2.24, 2.45) is 0 Å². The fourth-order valence-corrected chi connectivity index (χ4v) is 3.40. The van der Waals surface area contributed by atoms with E-state index in [1.165, 1.54) is 4.90 Å². The van der Waals surface area contributed by atoms with Crippen LogP contribution in [0.4, 0.5) is 11.4 Å². The number of carbonyl (C=O) groups excluding carboxylic acids is 3. The standard InChI is InChI=1S/C23H27N3O3/c1-16-6-4-7-20(17(16)2)24-21(27)15-25(3)23(29)14-18-9-11-19(12-10-18)26-13-5-8-22(26)28/h4,6-7,9-12H,5,8,13-15H2,1-3H3,(H,24,27). The molecule has 0 atom stereocenters. The van der Waals surface area contributed by atoms with E-state index >= 15 is 0 Å². The molecule has 1 fully saturated rings. The van der Waals surface area contributed by atoms with Gasteiger partial charge in [-0.05, 0) is 55.2 Å². The molecule has 0 bridgehead atoms. The van der Waals surface area contributed by atoms with E-state index in [4.69, 9.17) is 0 Å². The van der Waals surface area contributed by atoms with Gasteiger partial charge in [-0.3, -0.25) is 14.4 Å². The van der Waals surface area contributed by atoms with Gasteiger partial charge in [0.25, 0.3) is 0 Å². The largest absolute Gasteiger partial charge is 0.336 e. The highest BCUT2D eigenvalue weighted by Gasteiger charge is 2.21. The Hall–Kier alpha value is -3.15. The lowest BCUT2D eigenvalue weighted by atomic mass is 10.1. The summed E-state index contributed by atoms with van der Waals surface area (Å²) in [6, 6.07) is 13.2. The molecule has 2 aromatic rings. The molecule has 1 aliphatic heterocycles. The van der Waals surface area contributed by atoms with Crippen LogP contribution in [-0.2, 0) is 20.8 Å². The number of carbonyl (C=O) groups is 3. The summed E-state index contributed by atoms with van der Waals surface area (Å²) in [7, 11) is 1.63. The maximum absolute atomic E-state index is 12.5. The molecule has 1 aliphatic rings. The highest BCUT2D eigenvalue weighted by molar-refractivity contribution is 5.96. The zero-order chi connectivity index (χ0) is 21.0. The van der Waals surface area contributed by atoms with Crippen LogP contribution in [0.15, 0.2) is 42.5 Å². The lowest BCUT2D eigenvalue weighted by molar-refractivity contribution is -0.132. The summed E-state index contributed by atoms with van der Waals surface area (Å²) in [6.07, 6.45) is 1.69. The first-order valence-corrected chi connectivity index (χ1v) is 9.84. The van der Waals surface area contributed by atoms with E-state index in [0.717, 1.165) is 41.0 Å². The Bertz CT molecular complexity index is 921. The van der Waals surface area contributed by atoms with Gasteiger partial charge in [0.15, 0.2) is 0 Å². The van der Waals surface area contributed by atoms with Crippen molar-refractivity contribution in [3.8, 4) is 0 Å². The van der Waals surface area contributed by atoms with Crippen molar-refractivity contribution < 1.29 is 14.4 Å². The van der Waals surface area contributed by atoms with Crippen molar-refractivity contribution in [3.05, 3.63) is 59.2 Å². The predicted molar refractivity (Wildman–Crippen MR) is 114 cm³/mol. The van der Waals surface area contributed by atoms with E-state index in [9.17, 15) is 14.4 Å². The zero-order valence-corrected chi connectivity index (χ0v) is 17.2. The molecule has 152 valence electrons. The number of amides is 3. The summed E-state index contributed by atoms with van der Waals surface area (Å²) in [6.45, 7) is 4.69. The van der Waals surface area contributed by atoms with E-state index in [1.807, 2.05) is 56.3 Å². The van der Waals surface area contributed by atoms with E-state index in [2.05, 4.69) is 5.32 Å². The Kier molecular flexibility index (Phi) is 6.32. The maximum atomic E-state index is 12.5. The number of anilines is 2. The minimum absolute atomic E-state index is 0.00736. The fourth-order valence-electron chi connectivity index (χ4n) is 3.40. The smallest absolute Gasteiger partial charge is 0.243 e. The van der Waals surface area contributed by atoms with E-state index in [1.54, 1.807) is 11.9 Å². The number of benzene rings is 2. The number of nitrogens with one attached hydrogen (secondary N) is 1. The molecule has 0 saturated carbocycles. The summed E-state index contributed by atoms with van der Waals surface area (Å²) in [5, 5.41) is 2.87. The molecule has 3 rings (SSSR count). The van der Waals surface area contributed by atoms with Crippen LogP contribution in [0, 0.1) is 13.8 Å². The van der Waals surface area contributed by atoms with Crippen LogP contribution in [0.25, 0.3) is 0 Å². The molecule has 6 heteroatoms. The van der Waals surface area contributed by atoms with Gasteiger partial charge in [-0.2, -0.15) is 0 Å². The first-order valence-electron chi connectivity index (χ1n) is 9.84. The van der Waals surface area contributed by atoms with Crippen molar-refractivity contribution in [2.75, 3.05) is 30.4 Å². The number of aryl methyl sites for hydroxylation is 1. The molecule has 0 aliphatic carbocycles. The topological polar surface area (TPSA) is 69.7 Å². The summed E-state index contributed by atoms with van der Waals surface area (Å²) in [5.74, 6) is -0.216. The number of hydrogen-bond donors (Lipinski definition) is 1. The van der Waals surface area contributed by atoms with Gasteiger partial charge < -0.3 is 15.1 Å². The van der Waals surface area contributed by atoms with Crippen molar-refractivity contribution in [1.82, 2.24) is 4.90 Å². The quantitative estimate of drug-likeness (QED) is 0.820. The molecule has 29 heavy (non-hydrogen) atoms. The highest BCUT2D eigenvalue weighted by atomic mass is 16.2. The monoisotopic (exact) mass is 393 g/mol. The van der Waals surface area contributed by atoms with Gasteiger partial charge in [0.1, 0.15) is 0 Å². The highest BCUT2D eigenvalue weighted by Crippen LogP contribution is 2.22. The van der Waals surface area contributed by atoms with Crippen LogP contribution in [0.3, 0.4) is 0 Å². The van der Waals surface area contributed by atoms with E-state index in [0.29, 0.717) is 6.42 Å². The Morgan fingerprint density at radius 3 is 2.48 bits per heavy atom. The molecular formula is C23H27N3O3. The molecule has 3 amide bonds. The van der Waals surface area contributed by atoms with Crippen LogP contribution in [0.5, 0.6) is 0 Å². The van der Waals surface area contributed by atoms with E-state index < -0.39 is 0 Å². The van der Waals surface area contributed by atoms with Crippen LogP contribution in [0.2, 0.25) is 0 Å². The molecule has 0 aromatic heterocycles. The number of nitrogens with zero attached hydrogens (tertiary/aromatic N) is 2. The van der Waals surface area contributed by atoms with Gasteiger partial charge in [-0.1, -0.05) is 24.3 Å². The van der Waals surface area contributed by atoms with E-state index in [-0.39, 0.29) is 30.7 Å². The second-order valence-corrected chi connectivity index (χ2v) is 7.54. The third-order valence-electron chi connectivity index (χ3n) is 5.36. The molecular weight excluding hydrogens is 366 g/mol. The van der Waals surface area contributed by atoms with Crippen LogP contribution in [0.1, 0.15) is 29.5 Å². The average Bonchev–Trinajstić information content (AvgIpc) is 3.12. The number of rotatable bonds is 6. The second-order valence-electron chi connectivity index (χ2n) is 7.54. The number of hydrogen-bond acceptors (Lipinski definition) is 3. The predicted octanol–water partition coefficient (Wildman–Crippen LogP) is 3.07. The van der Waals surface area contributed by atoms with Crippen LogP contribution in [-0.4, -0.2) is 42.8 Å². The molecule has 0 spiro atoms. The third kappa shape index (κ3) is 5.02. The number of likely N-dealkylation sites (N-methyl/N-ethyl adjacent to an activating group) is 1. The van der Waals surface area contributed by atoms with Gasteiger partial charge in [0.05, 0.1) is 13.0 Å². The summed E-state index contributed by atoms with van der Waals surface area (Å²) in [5.41, 5.74) is 4.61. The first kappa shape index (κ1) is 20.6. The van der Waals surface area contributed by atoms with Gasteiger partial charge in [0, 0.05) is 31.4 Å². The Morgan fingerprint density at radius 2 is 1.83 bits per heavy atom. The van der Waals surface area contributed by atoms with Crippen molar-refractivity contribution in [1.29, 1.82) is 0 Å². The zero-order valence-electron chi connectivity index (χ0n) is 17.2. The van der Waals surface area contributed by atoms with Gasteiger partial charge in [-0.25, -0.2) is 0 Å². The van der Waals surface area contributed by atoms with Crippen molar-refractivity contribution in [2.45, 2.75) is 33.1 Å². The van der Waals surface area contributed by atoms with Crippen molar-refractivity contribution in [3.63, 3.8) is 0 Å². The van der Waals surface area contributed by atoms with Crippen molar-refractivity contribution >= 4 is 29.1 Å². The van der Waals surface area contributed by atoms with Gasteiger partial charge in [0.2, 0.25) is 17.7 Å². The third-order valence-corrected chi connectivity index (χ3v) is 5.36. The normalized spacial score (nSPS) is 13.5. The molecule has 0 radical (unpaired) electrons. The first-order chi connectivity index (χ1) is 13.8. The fraction of sp³-hybridized carbons (Fsp3) is 0.348. The molecule has 2 aromatic carbocycles. The molecule has 0 unspecified atom stereocenters. The minimum atomic E-state index is -0.225. The van der Waals surface area contributed by atoms with Crippen LogP contribution >= 0.6 is 0 Å². The lowest BCUT2D eigenvalue weighted by Gasteiger charge is -2.19. The van der Waals surface area contributed by atoms with Crippen LogP contribution < -0.4 is 10.2 Å². The molecule has 1 saturated heterocycles. The average molecular weight is 393 g/mol. The molecule has 1 N–H and O–H groups in total. The Labute approximate surface area is 171 Å². The Balaban J connectivity index is 1.54. The maximum Gasteiger partial charge on any atom is 0.243 e. The second kappa shape index (κ2) is 8.90. The molecule has 6 nitrogen and oxygen atoms in total. The van der Waals surface area contributed by atoms with Gasteiger partial charge in [-0.15, -0.1) is 0 Å². The summed E-state index contributed by atoms with van der Waals surface area (Å²) in [4.78, 5) is 39.8. The lowest BCUT2D eigenvalue weighted by Crippen LogP contribution is -2.36. The SMILES string of the molecule is Cc1cccc(NC(=O)CN(C)C(=O)Cc2ccc(N3CCCC3=O)cc2)c1C. The van der Waals surface area contributed by atoms with Gasteiger partial charge >= 0.3 is 0 Å².